The zero-order valence-electron chi connectivity index (χ0n) is 12.3. The van der Waals surface area contributed by atoms with Crippen LogP contribution in [0.25, 0.3) is 0 Å². The molecule has 0 aliphatic carbocycles. The van der Waals surface area contributed by atoms with Gasteiger partial charge in [-0.3, -0.25) is 4.98 Å². The molecule has 0 bridgehead atoms. The summed E-state index contributed by atoms with van der Waals surface area (Å²) in [4.78, 5) is 3.86. The van der Waals surface area contributed by atoms with Gasteiger partial charge in [0, 0.05) is 39.3 Å². The number of hydrogen-bond donors (Lipinski definition) is 1. The Balaban J connectivity index is 2.17. The maximum absolute atomic E-state index is 14.1. The van der Waals surface area contributed by atoms with Crippen molar-refractivity contribution >= 4 is 23.5 Å². The number of halogens is 1. The summed E-state index contributed by atoms with van der Waals surface area (Å²) in [5.41, 5.74) is 0.758. The maximum Gasteiger partial charge on any atom is 0.146 e. The van der Waals surface area contributed by atoms with Crippen molar-refractivity contribution in [3.8, 4) is 0 Å². The number of rotatable bonds is 5. The molecule has 4 atom stereocenters. The highest BCUT2D eigenvalue weighted by molar-refractivity contribution is 8.07. The number of hydrogen-bond acceptors (Lipinski definition) is 4. The van der Waals surface area contributed by atoms with Gasteiger partial charge in [-0.25, -0.2) is 4.39 Å². The van der Waals surface area contributed by atoms with Crippen molar-refractivity contribution in [3.05, 3.63) is 29.8 Å². The van der Waals surface area contributed by atoms with Gasteiger partial charge in [0.05, 0.1) is 6.20 Å². The van der Waals surface area contributed by atoms with Crippen molar-refractivity contribution < 1.29 is 4.39 Å². The first-order chi connectivity index (χ1) is 9.63. The Morgan fingerprint density at radius 2 is 2.25 bits per heavy atom. The molecule has 1 aliphatic rings. The molecule has 1 N–H and O–H groups in total. The summed E-state index contributed by atoms with van der Waals surface area (Å²) < 4.78 is 14.1. The van der Waals surface area contributed by atoms with Crippen LogP contribution in [0.3, 0.4) is 0 Å². The largest absolute Gasteiger partial charge is 0.309 e. The van der Waals surface area contributed by atoms with Crippen LogP contribution in [0.15, 0.2) is 18.5 Å². The molecule has 0 saturated carbocycles. The molecule has 2 nitrogen and oxygen atoms in total. The third-order valence-corrected chi connectivity index (χ3v) is 7.19. The van der Waals surface area contributed by atoms with E-state index in [1.54, 1.807) is 6.20 Å². The van der Waals surface area contributed by atoms with Crippen molar-refractivity contribution in [2.45, 2.75) is 49.0 Å². The molecular weight excluding hydrogens is 291 g/mol. The van der Waals surface area contributed by atoms with Crippen LogP contribution in [0, 0.1) is 5.82 Å². The number of nitrogens with zero attached hydrogens (tertiary/aromatic N) is 1. The second kappa shape index (κ2) is 7.66. The molecule has 112 valence electrons. The van der Waals surface area contributed by atoms with E-state index >= 15 is 0 Å². The number of pyridine rings is 1. The van der Waals surface area contributed by atoms with E-state index in [0.29, 0.717) is 15.7 Å². The highest BCUT2D eigenvalue weighted by atomic mass is 32.2. The van der Waals surface area contributed by atoms with Gasteiger partial charge in [-0.2, -0.15) is 23.5 Å². The van der Waals surface area contributed by atoms with E-state index in [-0.39, 0.29) is 11.9 Å². The highest BCUT2D eigenvalue weighted by Gasteiger charge is 2.32. The highest BCUT2D eigenvalue weighted by Crippen LogP contribution is 2.41. The zero-order valence-corrected chi connectivity index (χ0v) is 13.9. The Kier molecular flexibility index (Phi) is 6.18. The molecule has 0 radical (unpaired) electrons. The predicted octanol–water partition coefficient (Wildman–Crippen LogP) is 3.89. The zero-order chi connectivity index (χ0) is 14.5. The first kappa shape index (κ1) is 16.1. The van der Waals surface area contributed by atoms with Crippen LogP contribution in [0.5, 0.6) is 0 Å². The van der Waals surface area contributed by atoms with Crippen LogP contribution in [0.4, 0.5) is 4.39 Å². The molecule has 1 saturated heterocycles. The quantitative estimate of drug-likeness (QED) is 0.891. The van der Waals surface area contributed by atoms with Gasteiger partial charge in [-0.1, -0.05) is 20.8 Å². The monoisotopic (exact) mass is 314 g/mol. The topological polar surface area (TPSA) is 24.9 Å². The lowest BCUT2D eigenvalue weighted by atomic mass is 10.0. The molecular formula is C15H23FN2S2. The SMILES string of the molecule is CCCNC(c1ccncc1F)C1CSC(C)C(C)S1. The van der Waals surface area contributed by atoms with Gasteiger partial charge in [0.25, 0.3) is 0 Å². The van der Waals surface area contributed by atoms with Crippen LogP contribution < -0.4 is 5.32 Å². The lowest BCUT2D eigenvalue weighted by Gasteiger charge is -2.36. The predicted molar refractivity (Wildman–Crippen MR) is 88.0 cm³/mol. The molecule has 20 heavy (non-hydrogen) atoms. The normalized spacial score (nSPS) is 28.3. The molecule has 1 fully saturated rings. The molecule has 1 aliphatic heterocycles. The summed E-state index contributed by atoms with van der Waals surface area (Å²) in [5.74, 6) is 0.872. The van der Waals surface area contributed by atoms with E-state index in [0.717, 1.165) is 24.3 Å². The Hall–Kier alpha value is -0.260. The Morgan fingerprint density at radius 3 is 2.90 bits per heavy atom. The van der Waals surface area contributed by atoms with Crippen molar-refractivity contribution in [2.24, 2.45) is 0 Å². The van der Waals surface area contributed by atoms with Crippen LogP contribution in [0.1, 0.15) is 38.8 Å². The van der Waals surface area contributed by atoms with Gasteiger partial charge in [-0.05, 0) is 19.0 Å². The van der Waals surface area contributed by atoms with Gasteiger partial charge in [0.15, 0.2) is 0 Å². The third kappa shape index (κ3) is 3.89. The lowest BCUT2D eigenvalue weighted by molar-refractivity contribution is 0.494. The average molecular weight is 314 g/mol. The third-order valence-electron chi connectivity index (χ3n) is 3.70. The van der Waals surface area contributed by atoms with Crippen LogP contribution in [-0.4, -0.2) is 33.0 Å². The second-order valence-corrected chi connectivity index (χ2v) is 8.28. The van der Waals surface area contributed by atoms with E-state index in [1.165, 1.54) is 6.20 Å². The number of thioether (sulfide) groups is 2. The van der Waals surface area contributed by atoms with E-state index < -0.39 is 0 Å². The van der Waals surface area contributed by atoms with Crippen molar-refractivity contribution in [1.82, 2.24) is 10.3 Å². The molecule has 0 aromatic carbocycles. The van der Waals surface area contributed by atoms with E-state index in [9.17, 15) is 4.39 Å². The first-order valence-electron chi connectivity index (χ1n) is 7.23. The average Bonchev–Trinajstić information content (AvgIpc) is 2.44. The minimum Gasteiger partial charge on any atom is -0.309 e. The molecule has 0 spiro atoms. The fraction of sp³-hybridized carbons (Fsp3) is 0.667. The van der Waals surface area contributed by atoms with Crippen molar-refractivity contribution in [2.75, 3.05) is 12.3 Å². The summed E-state index contributed by atoms with van der Waals surface area (Å²) in [6.07, 6.45) is 4.06. The Bertz CT molecular complexity index is 430. The molecule has 4 unspecified atom stereocenters. The van der Waals surface area contributed by atoms with Gasteiger partial charge in [-0.15, -0.1) is 0 Å². The van der Waals surface area contributed by atoms with Crippen LogP contribution in [-0.2, 0) is 0 Å². The molecule has 0 amide bonds. The second-order valence-electron chi connectivity index (χ2n) is 5.25. The minimum atomic E-state index is -0.196. The lowest BCUT2D eigenvalue weighted by Crippen LogP contribution is -2.38. The summed E-state index contributed by atoms with van der Waals surface area (Å²) in [6.45, 7) is 7.60. The molecule has 5 heteroatoms. The van der Waals surface area contributed by atoms with E-state index in [4.69, 9.17) is 0 Å². The van der Waals surface area contributed by atoms with Crippen LogP contribution >= 0.6 is 23.5 Å². The van der Waals surface area contributed by atoms with Crippen LogP contribution in [0.2, 0.25) is 0 Å². The Morgan fingerprint density at radius 1 is 1.45 bits per heavy atom. The van der Waals surface area contributed by atoms with E-state index in [1.807, 2.05) is 29.6 Å². The molecule has 2 rings (SSSR count). The Labute approximate surface area is 129 Å². The standard InChI is InChI=1S/C15H23FN2S2/c1-4-6-18-15(12-5-7-17-8-13(12)16)14-9-19-10(2)11(3)20-14/h5,7-8,10-11,14-15,18H,4,6,9H2,1-3H3. The number of aromatic nitrogens is 1. The molecule has 1 aromatic rings. The summed E-state index contributed by atoms with van der Waals surface area (Å²) in [5, 5.41) is 5.22. The minimum absolute atomic E-state index is 0.0744. The maximum atomic E-state index is 14.1. The smallest absolute Gasteiger partial charge is 0.146 e. The van der Waals surface area contributed by atoms with Gasteiger partial charge < -0.3 is 5.32 Å². The van der Waals surface area contributed by atoms with E-state index in [2.05, 4.69) is 31.1 Å². The molecule has 1 aromatic heterocycles. The summed E-state index contributed by atoms with van der Waals surface area (Å²) in [7, 11) is 0. The molecule has 2 heterocycles. The van der Waals surface area contributed by atoms with Crippen molar-refractivity contribution in [3.63, 3.8) is 0 Å². The van der Waals surface area contributed by atoms with Gasteiger partial charge >= 0.3 is 0 Å². The van der Waals surface area contributed by atoms with Gasteiger partial charge in [0.1, 0.15) is 5.82 Å². The summed E-state index contributed by atoms with van der Waals surface area (Å²) >= 11 is 3.98. The first-order valence-corrected chi connectivity index (χ1v) is 9.22. The fourth-order valence-corrected chi connectivity index (χ4v) is 5.47. The summed E-state index contributed by atoms with van der Waals surface area (Å²) in [6, 6.07) is 1.89. The fourth-order valence-electron chi connectivity index (χ4n) is 2.36. The van der Waals surface area contributed by atoms with Gasteiger partial charge in [0.2, 0.25) is 0 Å². The van der Waals surface area contributed by atoms with Crippen molar-refractivity contribution in [1.29, 1.82) is 0 Å². The number of nitrogens with one attached hydrogen (secondary N) is 1.